The van der Waals surface area contributed by atoms with Gasteiger partial charge in [0, 0.05) is 5.75 Å². The van der Waals surface area contributed by atoms with Crippen molar-refractivity contribution in [1.82, 2.24) is 16.0 Å². The van der Waals surface area contributed by atoms with Crippen molar-refractivity contribution in [2.45, 2.75) is 50.4 Å². The Morgan fingerprint density at radius 2 is 1.75 bits per heavy atom. The highest BCUT2D eigenvalue weighted by Gasteiger charge is 2.30. The number of nitrogens with two attached hydrogens (primary N) is 1. The molecule has 2 amide bonds. The van der Waals surface area contributed by atoms with E-state index in [0.29, 0.717) is 13.0 Å². The third-order valence-electron chi connectivity index (χ3n) is 3.47. The average Bonchev–Trinajstić information content (AvgIpc) is 2.53. The number of carbonyl (C=O) groups excluding carboxylic acids is 2. The molecular formula is C14H28N4O5S. The minimum absolute atomic E-state index is 0.111. The number of carboxylic acids is 1. The normalized spacial score (nSPS) is 15.9. The van der Waals surface area contributed by atoms with Crippen molar-refractivity contribution in [2.24, 2.45) is 5.73 Å². The lowest BCUT2D eigenvalue weighted by Gasteiger charge is -2.25. The molecule has 0 aliphatic carbocycles. The van der Waals surface area contributed by atoms with Crippen LogP contribution in [0.4, 0.5) is 0 Å². The fraction of sp³-hybridized carbons (Fsp3) is 0.786. The Kier molecular flexibility index (Phi) is 11.4. The number of amides is 2. The van der Waals surface area contributed by atoms with Crippen molar-refractivity contribution >= 4 is 30.4 Å². The predicted octanol–water partition coefficient (Wildman–Crippen LogP) is -1.93. The number of nitrogens with one attached hydrogen (secondary N) is 3. The topological polar surface area (TPSA) is 154 Å². The Labute approximate surface area is 147 Å². The lowest BCUT2D eigenvalue weighted by atomic mass is 10.1. The minimum Gasteiger partial charge on any atom is -0.480 e. The fourth-order valence-corrected chi connectivity index (χ4v) is 2.25. The summed E-state index contributed by atoms with van der Waals surface area (Å²) < 4.78 is 0. The number of carbonyl (C=O) groups is 3. The lowest BCUT2D eigenvalue weighted by molar-refractivity contribution is -0.142. The third-order valence-corrected chi connectivity index (χ3v) is 3.84. The van der Waals surface area contributed by atoms with Crippen LogP contribution >= 0.6 is 12.6 Å². The van der Waals surface area contributed by atoms with Crippen molar-refractivity contribution in [2.75, 3.05) is 19.3 Å². The Morgan fingerprint density at radius 3 is 2.17 bits per heavy atom. The lowest BCUT2D eigenvalue weighted by Crippen LogP contribution is -2.58. The number of rotatable bonds is 12. The maximum Gasteiger partial charge on any atom is 0.327 e. The molecule has 0 heterocycles. The first kappa shape index (κ1) is 22.6. The van der Waals surface area contributed by atoms with Gasteiger partial charge in [-0.2, -0.15) is 12.6 Å². The molecule has 0 aromatic carbocycles. The third kappa shape index (κ3) is 7.95. The summed E-state index contributed by atoms with van der Waals surface area (Å²) in [6, 6.07) is -3.00. The Hall–Kier alpha value is -1.36. The molecule has 0 unspecified atom stereocenters. The van der Waals surface area contributed by atoms with E-state index in [2.05, 4.69) is 28.6 Å². The maximum absolute atomic E-state index is 12.2. The van der Waals surface area contributed by atoms with Crippen molar-refractivity contribution in [3.8, 4) is 0 Å². The molecule has 24 heavy (non-hydrogen) atoms. The van der Waals surface area contributed by atoms with Gasteiger partial charge in [-0.1, -0.05) is 6.42 Å². The van der Waals surface area contributed by atoms with E-state index in [1.165, 1.54) is 6.92 Å². The van der Waals surface area contributed by atoms with Crippen molar-refractivity contribution in [3.63, 3.8) is 0 Å². The quantitative estimate of drug-likeness (QED) is 0.157. The van der Waals surface area contributed by atoms with Gasteiger partial charge in [-0.3, -0.25) is 9.59 Å². The standard InChI is InChI=1S/C14H28N4O5S/c1-8(19)11(13(21)17-10(7-24)14(22)23)18-12(20)9(16-2)5-3-4-6-15/h8-11,16,19,24H,3-7,15H2,1-2H3,(H,17,21)(H,18,20)(H,22,23)/t8-,9+,10+,11+/m1/s1. The highest BCUT2D eigenvalue weighted by atomic mass is 32.1. The van der Waals surface area contributed by atoms with E-state index < -0.39 is 42.0 Å². The highest BCUT2D eigenvalue weighted by Crippen LogP contribution is 2.03. The highest BCUT2D eigenvalue weighted by molar-refractivity contribution is 7.80. The zero-order valence-electron chi connectivity index (χ0n) is 14.0. The number of aliphatic carboxylic acids is 1. The summed E-state index contributed by atoms with van der Waals surface area (Å²) in [5.74, 6) is -2.59. The van der Waals surface area contributed by atoms with Gasteiger partial charge in [0.05, 0.1) is 12.1 Å². The summed E-state index contributed by atoms with van der Waals surface area (Å²) in [5, 5.41) is 26.2. The zero-order chi connectivity index (χ0) is 18.7. The molecule has 4 atom stereocenters. The monoisotopic (exact) mass is 364 g/mol. The van der Waals surface area contributed by atoms with Gasteiger partial charge in [0.1, 0.15) is 12.1 Å². The first-order valence-electron chi connectivity index (χ1n) is 7.78. The number of aliphatic hydroxyl groups excluding tert-OH is 1. The molecule has 0 spiro atoms. The van der Waals surface area contributed by atoms with Gasteiger partial charge in [0.25, 0.3) is 0 Å². The number of carboxylic acid groups (broad SMARTS) is 1. The molecule has 10 heteroatoms. The second kappa shape index (κ2) is 12.1. The second-order valence-electron chi connectivity index (χ2n) is 5.43. The van der Waals surface area contributed by atoms with Gasteiger partial charge in [-0.15, -0.1) is 0 Å². The fourth-order valence-electron chi connectivity index (χ4n) is 2.01. The molecule has 9 nitrogen and oxygen atoms in total. The minimum atomic E-state index is -1.26. The molecule has 0 saturated carbocycles. The van der Waals surface area contributed by atoms with Crippen molar-refractivity contribution in [1.29, 1.82) is 0 Å². The smallest absolute Gasteiger partial charge is 0.327 e. The Morgan fingerprint density at radius 1 is 1.12 bits per heavy atom. The molecule has 140 valence electrons. The predicted molar refractivity (Wildman–Crippen MR) is 92.8 cm³/mol. The number of likely N-dealkylation sites (N-methyl/N-ethyl adjacent to an activating group) is 1. The molecular weight excluding hydrogens is 336 g/mol. The molecule has 7 N–H and O–H groups in total. The van der Waals surface area contributed by atoms with Crippen LogP contribution in [0.3, 0.4) is 0 Å². The van der Waals surface area contributed by atoms with Gasteiger partial charge in [-0.25, -0.2) is 4.79 Å². The molecule has 0 bridgehead atoms. The molecule has 0 radical (unpaired) electrons. The molecule has 0 saturated heterocycles. The molecule has 0 rings (SSSR count). The van der Waals surface area contributed by atoms with Gasteiger partial charge >= 0.3 is 5.97 Å². The number of thiol groups is 1. The molecule has 0 aliphatic heterocycles. The van der Waals surface area contributed by atoms with Crippen LogP contribution in [0, 0.1) is 0 Å². The van der Waals surface area contributed by atoms with Gasteiger partial charge < -0.3 is 31.9 Å². The largest absolute Gasteiger partial charge is 0.480 e. The van der Waals surface area contributed by atoms with Crippen LogP contribution in [-0.2, 0) is 14.4 Å². The van der Waals surface area contributed by atoms with Crippen molar-refractivity contribution in [3.05, 3.63) is 0 Å². The van der Waals surface area contributed by atoms with E-state index in [1.54, 1.807) is 7.05 Å². The van der Waals surface area contributed by atoms with E-state index in [0.717, 1.165) is 12.8 Å². The Balaban J connectivity index is 4.83. The van der Waals surface area contributed by atoms with Gasteiger partial charge in [0.2, 0.25) is 11.8 Å². The summed E-state index contributed by atoms with van der Waals surface area (Å²) in [5.41, 5.74) is 5.42. The first-order chi connectivity index (χ1) is 11.3. The van der Waals surface area contributed by atoms with E-state index in [1.807, 2.05) is 0 Å². The maximum atomic E-state index is 12.2. The second-order valence-corrected chi connectivity index (χ2v) is 5.80. The number of hydrogen-bond donors (Lipinski definition) is 7. The van der Waals surface area contributed by atoms with Crippen LogP contribution < -0.4 is 21.7 Å². The van der Waals surface area contributed by atoms with E-state index in [9.17, 15) is 19.5 Å². The number of hydrogen-bond acceptors (Lipinski definition) is 7. The van der Waals surface area contributed by atoms with Gasteiger partial charge in [-0.05, 0) is 33.4 Å². The molecule has 0 aromatic heterocycles. The zero-order valence-corrected chi connectivity index (χ0v) is 14.9. The SMILES string of the molecule is CN[C@@H](CCCCN)C(=O)N[C@H](C(=O)N[C@@H](CS)C(=O)O)[C@@H](C)O. The van der Waals surface area contributed by atoms with Crippen LogP contribution in [0.2, 0.25) is 0 Å². The summed E-state index contributed by atoms with van der Waals surface area (Å²) in [4.78, 5) is 35.3. The van der Waals surface area contributed by atoms with E-state index in [4.69, 9.17) is 10.8 Å². The van der Waals surface area contributed by atoms with Crippen LogP contribution in [0.25, 0.3) is 0 Å². The summed E-state index contributed by atoms with van der Waals surface area (Å²) in [7, 11) is 1.62. The molecule has 0 aliphatic rings. The first-order valence-corrected chi connectivity index (χ1v) is 8.41. The number of aliphatic hydroxyl groups is 1. The Bertz CT molecular complexity index is 422. The van der Waals surface area contributed by atoms with Crippen LogP contribution in [0.15, 0.2) is 0 Å². The van der Waals surface area contributed by atoms with Crippen LogP contribution in [-0.4, -0.2) is 71.6 Å². The van der Waals surface area contributed by atoms with E-state index in [-0.39, 0.29) is 5.75 Å². The number of unbranched alkanes of at least 4 members (excludes halogenated alkanes) is 1. The molecule has 0 aromatic rings. The summed E-state index contributed by atoms with van der Waals surface area (Å²) >= 11 is 3.85. The summed E-state index contributed by atoms with van der Waals surface area (Å²) in [6.45, 7) is 1.86. The van der Waals surface area contributed by atoms with Crippen molar-refractivity contribution < 1.29 is 24.6 Å². The van der Waals surface area contributed by atoms with Gasteiger partial charge in [0.15, 0.2) is 0 Å². The van der Waals surface area contributed by atoms with E-state index >= 15 is 0 Å². The molecule has 0 fully saturated rings. The average molecular weight is 364 g/mol. The van der Waals surface area contributed by atoms with Crippen LogP contribution in [0.5, 0.6) is 0 Å². The van der Waals surface area contributed by atoms with Crippen LogP contribution in [0.1, 0.15) is 26.2 Å². The summed E-state index contributed by atoms with van der Waals surface area (Å²) in [6.07, 6.45) is 0.850.